The van der Waals surface area contributed by atoms with Gasteiger partial charge in [0.2, 0.25) is 0 Å². The molecule has 0 aromatic heterocycles. The van der Waals surface area contributed by atoms with E-state index in [0.29, 0.717) is 5.56 Å². The molecule has 0 atom stereocenters. The number of nitrogens with one attached hydrogen (secondary N) is 1. The predicted molar refractivity (Wildman–Crippen MR) is 69.4 cm³/mol. The Balaban J connectivity index is 2.14. The fraction of sp³-hybridized carbons (Fsp3) is 0.0769. The summed E-state index contributed by atoms with van der Waals surface area (Å²) >= 11 is 2.87. The van der Waals surface area contributed by atoms with Gasteiger partial charge in [-0.1, -0.05) is 6.07 Å². The summed E-state index contributed by atoms with van der Waals surface area (Å²) in [6.45, 7) is 0.106. The lowest BCUT2D eigenvalue weighted by Crippen LogP contribution is -2.02. The molecule has 0 heterocycles. The maximum Gasteiger partial charge on any atom is 0.165 e. The zero-order valence-electron chi connectivity index (χ0n) is 9.55. The van der Waals surface area contributed by atoms with Gasteiger partial charge < -0.3 is 10.4 Å². The van der Waals surface area contributed by atoms with E-state index >= 15 is 0 Å². The average molecular weight is 332 g/mol. The third-order valence-corrected chi connectivity index (χ3v) is 3.11. The Labute approximate surface area is 116 Å². The van der Waals surface area contributed by atoms with E-state index in [1.165, 1.54) is 12.1 Å². The van der Waals surface area contributed by atoms with Crippen molar-refractivity contribution in [1.29, 1.82) is 0 Å². The van der Waals surface area contributed by atoms with Crippen molar-refractivity contribution in [3.05, 3.63) is 57.8 Å². The summed E-state index contributed by atoms with van der Waals surface area (Å²) in [4.78, 5) is 0. The van der Waals surface area contributed by atoms with E-state index in [2.05, 4.69) is 21.2 Å². The standard InChI is InChI=1S/C13H9BrF3NO/c14-8-4-10(16)12(5-9(8)15)18-6-7-1-2-13(19)11(17)3-7/h1-5,18-19H,6H2. The highest BCUT2D eigenvalue weighted by atomic mass is 79.9. The van der Waals surface area contributed by atoms with Gasteiger partial charge in [0.1, 0.15) is 11.6 Å². The molecule has 6 heteroatoms. The molecule has 2 N–H and O–H groups in total. The molecular weight excluding hydrogens is 323 g/mol. The summed E-state index contributed by atoms with van der Waals surface area (Å²) in [5.41, 5.74) is 0.479. The van der Waals surface area contributed by atoms with E-state index in [4.69, 9.17) is 5.11 Å². The molecule has 2 aromatic carbocycles. The lowest BCUT2D eigenvalue weighted by molar-refractivity contribution is 0.432. The van der Waals surface area contributed by atoms with Crippen LogP contribution in [0.5, 0.6) is 5.75 Å². The van der Waals surface area contributed by atoms with Gasteiger partial charge in [0.15, 0.2) is 11.6 Å². The van der Waals surface area contributed by atoms with E-state index in [1.807, 2.05) is 0 Å². The maximum atomic E-state index is 13.5. The number of phenolic OH excluding ortho intramolecular Hbond substituents is 1. The quantitative estimate of drug-likeness (QED) is 0.827. The number of anilines is 1. The van der Waals surface area contributed by atoms with Crippen LogP contribution in [0.2, 0.25) is 0 Å². The molecule has 0 saturated carbocycles. The van der Waals surface area contributed by atoms with Crippen LogP contribution in [0.4, 0.5) is 18.9 Å². The molecule has 0 fully saturated rings. The van der Waals surface area contributed by atoms with E-state index < -0.39 is 23.2 Å². The largest absolute Gasteiger partial charge is 0.505 e. The molecule has 0 radical (unpaired) electrons. The molecule has 0 bridgehead atoms. The molecule has 0 aliphatic carbocycles. The summed E-state index contributed by atoms with van der Waals surface area (Å²) in [6, 6.07) is 5.82. The highest BCUT2D eigenvalue weighted by Gasteiger charge is 2.08. The molecule has 0 amide bonds. The van der Waals surface area contributed by atoms with Crippen molar-refractivity contribution in [1.82, 2.24) is 0 Å². The highest BCUT2D eigenvalue weighted by molar-refractivity contribution is 9.10. The first-order valence-corrected chi connectivity index (χ1v) is 6.12. The monoisotopic (exact) mass is 331 g/mol. The molecule has 0 saturated heterocycles. The fourth-order valence-corrected chi connectivity index (χ4v) is 1.83. The Kier molecular flexibility index (Phi) is 3.99. The average Bonchev–Trinajstić information content (AvgIpc) is 2.36. The number of rotatable bonds is 3. The van der Waals surface area contributed by atoms with Crippen molar-refractivity contribution >= 4 is 21.6 Å². The third-order valence-electron chi connectivity index (χ3n) is 2.51. The van der Waals surface area contributed by atoms with Crippen molar-refractivity contribution in [2.45, 2.75) is 6.54 Å². The van der Waals surface area contributed by atoms with Crippen molar-refractivity contribution in [3.8, 4) is 5.75 Å². The maximum absolute atomic E-state index is 13.5. The van der Waals surface area contributed by atoms with Crippen molar-refractivity contribution in [2.75, 3.05) is 5.32 Å². The Bertz CT molecular complexity index is 619. The number of phenols is 1. The van der Waals surface area contributed by atoms with Crippen LogP contribution in [0.25, 0.3) is 0 Å². The van der Waals surface area contributed by atoms with Gasteiger partial charge >= 0.3 is 0 Å². The van der Waals surface area contributed by atoms with E-state index in [-0.39, 0.29) is 16.7 Å². The second-order valence-electron chi connectivity index (χ2n) is 3.89. The fourth-order valence-electron chi connectivity index (χ4n) is 1.52. The molecule has 100 valence electrons. The Morgan fingerprint density at radius 3 is 2.42 bits per heavy atom. The minimum absolute atomic E-state index is 0.0193. The lowest BCUT2D eigenvalue weighted by atomic mass is 10.2. The molecule has 0 aliphatic heterocycles. The zero-order chi connectivity index (χ0) is 14.0. The van der Waals surface area contributed by atoms with Crippen LogP contribution < -0.4 is 5.32 Å². The highest BCUT2D eigenvalue weighted by Crippen LogP contribution is 2.24. The minimum atomic E-state index is -0.762. The first-order valence-electron chi connectivity index (χ1n) is 5.33. The van der Waals surface area contributed by atoms with Gasteiger partial charge in [-0.2, -0.15) is 0 Å². The molecule has 2 rings (SSSR count). The van der Waals surface area contributed by atoms with Crippen LogP contribution in [0.1, 0.15) is 5.56 Å². The minimum Gasteiger partial charge on any atom is -0.505 e. The smallest absolute Gasteiger partial charge is 0.165 e. The number of hydrogen-bond donors (Lipinski definition) is 2. The molecule has 2 nitrogen and oxygen atoms in total. The van der Waals surface area contributed by atoms with Crippen LogP contribution in [0.15, 0.2) is 34.8 Å². The topological polar surface area (TPSA) is 32.3 Å². The summed E-state index contributed by atoms with van der Waals surface area (Å²) < 4.78 is 39.9. The first kappa shape index (κ1) is 13.7. The number of aromatic hydroxyl groups is 1. The number of hydrogen-bond acceptors (Lipinski definition) is 2. The molecular formula is C13H9BrF3NO. The molecule has 2 aromatic rings. The molecule has 0 aliphatic rings. The Morgan fingerprint density at radius 1 is 1.00 bits per heavy atom. The van der Waals surface area contributed by atoms with Crippen LogP contribution in [0.3, 0.4) is 0 Å². The van der Waals surface area contributed by atoms with Gasteiger partial charge in [-0.15, -0.1) is 0 Å². The van der Waals surface area contributed by atoms with E-state index in [1.54, 1.807) is 0 Å². The van der Waals surface area contributed by atoms with Gasteiger partial charge in [-0.25, -0.2) is 13.2 Å². The van der Waals surface area contributed by atoms with E-state index in [9.17, 15) is 13.2 Å². The van der Waals surface area contributed by atoms with Crippen molar-refractivity contribution < 1.29 is 18.3 Å². The van der Waals surface area contributed by atoms with Crippen molar-refractivity contribution in [3.63, 3.8) is 0 Å². The first-order chi connectivity index (χ1) is 8.97. The van der Waals surface area contributed by atoms with Gasteiger partial charge in [-0.05, 0) is 39.7 Å². The SMILES string of the molecule is Oc1ccc(CNc2cc(F)c(Br)cc2F)cc1F. The summed E-state index contributed by atoms with van der Waals surface area (Å²) in [5.74, 6) is -2.43. The normalized spacial score (nSPS) is 10.5. The summed E-state index contributed by atoms with van der Waals surface area (Å²) in [6.07, 6.45) is 0. The Hall–Kier alpha value is -1.69. The lowest BCUT2D eigenvalue weighted by Gasteiger charge is -2.09. The Morgan fingerprint density at radius 2 is 1.74 bits per heavy atom. The van der Waals surface area contributed by atoms with Crippen LogP contribution >= 0.6 is 15.9 Å². The van der Waals surface area contributed by atoms with Crippen LogP contribution in [-0.4, -0.2) is 5.11 Å². The van der Waals surface area contributed by atoms with Gasteiger partial charge in [0.25, 0.3) is 0 Å². The summed E-state index contributed by atoms with van der Waals surface area (Å²) in [5, 5.41) is 11.7. The zero-order valence-corrected chi connectivity index (χ0v) is 11.1. The molecule has 0 unspecified atom stereocenters. The van der Waals surface area contributed by atoms with Gasteiger partial charge in [0.05, 0.1) is 10.2 Å². The number of benzene rings is 2. The molecule has 19 heavy (non-hydrogen) atoms. The second-order valence-corrected chi connectivity index (χ2v) is 4.74. The van der Waals surface area contributed by atoms with Crippen molar-refractivity contribution in [2.24, 2.45) is 0 Å². The number of halogens is 4. The predicted octanol–water partition coefficient (Wildman–Crippen LogP) is 4.18. The van der Waals surface area contributed by atoms with Gasteiger partial charge in [-0.3, -0.25) is 0 Å². The van der Waals surface area contributed by atoms with E-state index in [0.717, 1.165) is 18.2 Å². The van der Waals surface area contributed by atoms with Crippen LogP contribution in [0, 0.1) is 17.5 Å². The van der Waals surface area contributed by atoms with Crippen LogP contribution in [-0.2, 0) is 6.54 Å². The molecule has 0 spiro atoms. The summed E-state index contributed by atoms with van der Waals surface area (Å²) in [7, 11) is 0. The second kappa shape index (κ2) is 5.52. The van der Waals surface area contributed by atoms with Gasteiger partial charge in [0, 0.05) is 12.6 Å². The third kappa shape index (κ3) is 3.20.